The molecule has 1 saturated heterocycles. The smallest absolute Gasteiger partial charge is 0.407 e. The first-order valence-electron chi connectivity index (χ1n) is 10.2. The van der Waals surface area contributed by atoms with Crippen molar-refractivity contribution < 1.29 is 13.9 Å². The third-order valence-electron chi connectivity index (χ3n) is 5.34. The first-order valence-corrected chi connectivity index (χ1v) is 11.0. The normalized spacial score (nSPS) is 15.4. The average molecular weight is 472 g/mol. The minimum Gasteiger partial charge on any atom is -0.460 e. The van der Waals surface area contributed by atoms with Crippen LogP contribution >= 0.6 is 15.9 Å². The molecule has 158 valence electrons. The largest absolute Gasteiger partial charge is 0.460 e. The van der Waals surface area contributed by atoms with E-state index in [0.29, 0.717) is 13.2 Å². The van der Waals surface area contributed by atoms with Crippen LogP contribution in [0.1, 0.15) is 11.3 Å². The fourth-order valence-electron chi connectivity index (χ4n) is 3.63. The number of para-hydroxylation sites is 1. The highest BCUT2D eigenvalue weighted by molar-refractivity contribution is 9.10. The lowest BCUT2D eigenvalue weighted by atomic mass is 10.2. The van der Waals surface area contributed by atoms with E-state index in [1.165, 1.54) is 0 Å². The Morgan fingerprint density at radius 2 is 1.77 bits per heavy atom. The summed E-state index contributed by atoms with van der Waals surface area (Å²) >= 11 is 3.48. The molecule has 0 unspecified atom stereocenters. The van der Waals surface area contributed by atoms with Gasteiger partial charge in [0.2, 0.25) is 0 Å². The van der Waals surface area contributed by atoms with Crippen molar-refractivity contribution in [3.8, 4) is 0 Å². The summed E-state index contributed by atoms with van der Waals surface area (Å²) in [5, 5.41) is 3.95. The highest BCUT2D eigenvalue weighted by Crippen LogP contribution is 2.20. The third-order valence-corrected chi connectivity index (χ3v) is 6.12. The fourth-order valence-corrected chi connectivity index (χ4v) is 4.06. The maximum Gasteiger partial charge on any atom is 0.407 e. The molecule has 0 bridgehead atoms. The van der Waals surface area contributed by atoms with Crippen LogP contribution in [-0.2, 0) is 17.8 Å². The number of carbonyl (C=O) groups is 1. The number of nitrogens with zero attached hydrogens (tertiary/aromatic N) is 2. The highest BCUT2D eigenvalue weighted by atomic mass is 79.9. The Kier molecular flexibility index (Phi) is 7.04. The molecule has 0 aliphatic carbocycles. The van der Waals surface area contributed by atoms with Gasteiger partial charge in [-0.1, -0.05) is 52.3 Å². The summed E-state index contributed by atoms with van der Waals surface area (Å²) in [4.78, 5) is 16.6. The second-order valence-corrected chi connectivity index (χ2v) is 8.30. The van der Waals surface area contributed by atoms with Gasteiger partial charge >= 0.3 is 6.09 Å². The summed E-state index contributed by atoms with van der Waals surface area (Å²) < 4.78 is 12.2. The van der Waals surface area contributed by atoms with Crippen LogP contribution in [0.25, 0.3) is 11.0 Å². The molecule has 1 N–H and O–H groups in total. The Morgan fingerprint density at radius 1 is 1.03 bits per heavy atom. The Morgan fingerprint density at radius 3 is 2.57 bits per heavy atom. The van der Waals surface area contributed by atoms with E-state index in [1.807, 2.05) is 42.5 Å². The maximum atomic E-state index is 11.9. The zero-order chi connectivity index (χ0) is 20.8. The number of benzene rings is 2. The molecule has 7 heteroatoms. The van der Waals surface area contributed by atoms with Crippen molar-refractivity contribution in [2.24, 2.45) is 0 Å². The van der Waals surface area contributed by atoms with Gasteiger partial charge in [-0.05, 0) is 23.8 Å². The van der Waals surface area contributed by atoms with E-state index in [9.17, 15) is 4.79 Å². The van der Waals surface area contributed by atoms with E-state index in [0.717, 1.165) is 66.0 Å². The number of alkyl carbamates (subject to hydrolysis) is 1. The molecular formula is C23H26BrN3O3. The van der Waals surface area contributed by atoms with Crippen LogP contribution in [0.2, 0.25) is 0 Å². The number of furan rings is 1. The molecule has 1 aliphatic heterocycles. The number of hydrogen-bond donors (Lipinski definition) is 1. The predicted molar refractivity (Wildman–Crippen MR) is 120 cm³/mol. The zero-order valence-electron chi connectivity index (χ0n) is 16.9. The van der Waals surface area contributed by atoms with Gasteiger partial charge in [-0.3, -0.25) is 9.80 Å². The van der Waals surface area contributed by atoms with E-state index in [4.69, 9.17) is 9.15 Å². The van der Waals surface area contributed by atoms with Gasteiger partial charge in [0, 0.05) is 49.1 Å². The average Bonchev–Trinajstić information content (AvgIpc) is 3.17. The SMILES string of the molecule is O=C(NCc1ccccc1Br)OCCN1CCN(Cc2cc3ccccc3o2)CC1. The number of amides is 1. The summed E-state index contributed by atoms with van der Waals surface area (Å²) in [5.74, 6) is 1.01. The standard InChI is InChI=1S/C23H26BrN3O3/c24-21-7-3-1-6-19(21)16-25-23(28)29-14-13-26-9-11-27(12-10-26)17-20-15-18-5-2-4-8-22(18)30-20/h1-8,15H,9-14,16-17H2,(H,25,28). The van der Waals surface area contributed by atoms with E-state index in [-0.39, 0.29) is 6.09 Å². The third kappa shape index (κ3) is 5.62. The molecule has 30 heavy (non-hydrogen) atoms. The molecule has 2 aromatic carbocycles. The van der Waals surface area contributed by atoms with E-state index in [1.54, 1.807) is 0 Å². The monoisotopic (exact) mass is 471 g/mol. The second-order valence-electron chi connectivity index (χ2n) is 7.45. The Bertz CT molecular complexity index is 949. The minimum absolute atomic E-state index is 0.380. The van der Waals surface area contributed by atoms with Crippen molar-refractivity contribution in [2.75, 3.05) is 39.3 Å². The van der Waals surface area contributed by atoms with E-state index >= 15 is 0 Å². The summed E-state index contributed by atoms with van der Waals surface area (Å²) in [6.45, 7) is 6.30. The van der Waals surface area contributed by atoms with E-state index < -0.39 is 0 Å². The summed E-state index contributed by atoms with van der Waals surface area (Å²) in [6.07, 6.45) is -0.380. The van der Waals surface area contributed by atoms with Gasteiger partial charge in [-0.15, -0.1) is 0 Å². The fraction of sp³-hybridized carbons (Fsp3) is 0.348. The Labute approximate surface area is 184 Å². The molecule has 6 nitrogen and oxygen atoms in total. The minimum atomic E-state index is -0.380. The summed E-state index contributed by atoms with van der Waals surface area (Å²) in [5.41, 5.74) is 1.97. The first kappa shape index (κ1) is 20.9. The van der Waals surface area contributed by atoms with Crippen molar-refractivity contribution in [3.05, 3.63) is 70.4 Å². The predicted octanol–water partition coefficient (Wildman–Crippen LogP) is 4.24. The Balaban J connectivity index is 1.13. The van der Waals surface area contributed by atoms with Crippen LogP contribution in [0.15, 0.2) is 63.5 Å². The molecule has 0 radical (unpaired) electrons. The van der Waals surface area contributed by atoms with Gasteiger partial charge in [-0.25, -0.2) is 4.79 Å². The number of hydrogen-bond acceptors (Lipinski definition) is 5. The number of halogens is 1. The topological polar surface area (TPSA) is 58.0 Å². The van der Waals surface area contributed by atoms with Gasteiger partial charge in [0.1, 0.15) is 18.0 Å². The van der Waals surface area contributed by atoms with Gasteiger partial charge < -0.3 is 14.5 Å². The number of fused-ring (bicyclic) bond motifs is 1. The molecule has 2 heterocycles. The van der Waals surface area contributed by atoms with Crippen molar-refractivity contribution >= 4 is 33.0 Å². The van der Waals surface area contributed by atoms with Crippen LogP contribution in [-0.4, -0.2) is 55.2 Å². The van der Waals surface area contributed by atoms with E-state index in [2.05, 4.69) is 43.2 Å². The lowest BCUT2D eigenvalue weighted by Gasteiger charge is -2.33. The molecule has 4 rings (SSSR count). The van der Waals surface area contributed by atoms with Gasteiger partial charge in [0.05, 0.1) is 6.54 Å². The molecule has 0 atom stereocenters. The van der Waals surface area contributed by atoms with Crippen LogP contribution in [0, 0.1) is 0 Å². The molecule has 1 aromatic heterocycles. The number of carbonyl (C=O) groups excluding carboxylic acids is 1. The zero-order valence-corrected chi connectivity index (χ0v) is 18.4. The Hall–Kier alpha value is -2.35. The number of piperazine rings is 1. The second kappa shape index (κ2) is 10.1. The molecule has 1 amide bonds. The summed E-state index contributed by atoms with van der Waals surface area (Å²) in [6, 6.07) is 18.1. The molecule has 1 fully saturated rings. The van der Waals surface area contributed by atoms with Crippen LogP contribution in [0.4, 0.5) is 4.79 Å². The first-order chi connectivity index (χ1) is 14.7. The quantitative estimate of drug-likeness (QED) is 0.558. The lowest BCUT2D eigenvalue weighted by molar-refractivity contribution is 0.0899. The van der Waals surface area contributed by atoms with Gasteiger partial charge in [0.25, 0.3) is 0 Å². The lowest BCUT2D eigenvalue weighted by Crippen LogP contribution is -2.47. The molecule has 0 spiro atoms. The van der Waals surface area contributed by atoms with Crippen molar-refractivity contribution in [1.29, 1.82) is 0 Å². The van der Waals surface area contributed by atoms with Crippen LogP contribution in [0.3, 0.4) is 0 Å². The summed E-state index contributed by atoms with van der Waals surface area (Å²) in [7, 11) is 0. The molecule has 3 aromatic rings. The number of ether oxygens (including phenoxy) is 1. The van der Waals surface area contributed by atoms with Crippen LogP contribution in [0.5, 0.6) is 0 Å². The number of nitrogens with one attached hydrogen (secondary N) is 1. The highest BCUT2D eigenvalue weighted by Gasteiger charge is 2.18. The van der Waals surface area contributed by atoms with Crippen LogP contribution < -0.4 is 5.32 Å². The molecular weight excluding hydrogens is 446 g/mol. The van der Waals surface area contributed by atoms with Crippen molar-refractivity contribution in [2.45, 2.75) is 13.1 Å². The van der Waals surface area contributed by atoms with Crippen molar-refractivity contribution in [3.63, 3.8) is 0 Å². The van der Waals surface area contributed by atoms with Gasteiger partial charge in [-0.2, -0.15) is 0 Å². The molecule has 1 aliphatic rings. The maximum absolute atomic E-state index is 11.9. The van der Waals surface area contributed by atoms with Gasteiger partial charge in [0.15, 0.2) is 0 Å². The number of rotatable bonds is 7. The molecule has 0 saturated carbocycles. The van der Waals surface area contributed by atoms with Crippen molar-refractivity contribution in [1.82, 2.24) is 15.1 Å².